The molecule has 4 nitrogen and oxygen atoms in total. The van der Waals surface area contributed by atoms with Gasteiger partial charge in [0.15, 0.2) is 9.84 Å². The van der Waals surface area contributed by atoms with E-state index < -0.39 is 15.9 Å². The fraction of sp³-hybridized carbons (Fsp3) is 0.286. The zero-order chi connectivity index (χ0) is 15.9. The number of carbonyl (C=O) groups excluding carboxylic acids is 1. The van der Waals surface area contributed by atoms with Crippen LogP contribution in [0.1, 0.15) is 12.0 Å². The molecular weight excluding hydrogens is 345 g/mol. The monoisotopic (exact) mass is 357 g/mol. The van der Waals surface area contributed by atoms with Crippen molar-refractivity contribution in [2.75, 3.05) is 11.5 Å². The Morgan fingerprint density at radius 1 is 1.41 bits per heavy atom. The van der Waals surface area contributed by atoms with E-state index in [1.54, 1.807) is 18.2 Å². The number of carbonyl (C=O) groups is 1. The van der Waals surface area contributed by atoms with Gasteiger partial charge in [0.25, 0.3) is 5.91 Å². The van der Waals surface area contributed by atoms with Gasteiger partial charge in [-0.1, -0.05) is 36.1 Å². The zero-order valence-corrected chi connectivity index (χ0v) is 13.8. The molecule has 0 N–H and O–H groups in total. The number of benzene rings is 1. The van der Waals surface area contributed by atoms with Crippen LogP contribution in [0.4, 0.5) is 4.39 Å². The molecule has 2 aliphatic heterocycles. The van der Waals surface area contributed by atoms with Crippen molar-refractivity contribution in [3.8, 4) is 0 Å². The molecule has 22 heavy (non-hydrogen) atoms. The molecule has 2 aliphatic rings. The van der Waals surface area contributed by atoms with Crippen LogP contribution in [-0.2, 0) is 14.6 Å². The van der Waals surface area contributed by atoms with Crippen LogP contribution in [0.5, 0.6) is 0 Å². The molecule has 2 heterocycles. The summed E-state index contributed by atoms with van der Waals surface area (Å²) in [6, 6.07) is 5.51. The summed E-state index contributed by atoms with van der Waals surface area (Å²) in [4.78, 5) is 14.2. The van der Waals surface area contributed by atoms with E-state index in [1.165, 1.54) is 17.0 Å². The third kappa shape index (κ3) is 3.09. The normalized spacial score (nSPS) is 26.1. The van der Waals surface area contributed by atoms with Gasteiger partial charge in [0, 0.05) is 0 Å². The number of nitrogens with zero attached hydrogens (tertiary/aromatic N) is 1. The van der Waals surface area contributed by atoms with Gasteiger partial charge in [0.05, 0.1) is 22.5 Å². The summed E-state index contributed by atoms with van der Waals surface area (Å²) in [5, 5.41) is 0. The lowest BCUT2D eigenvalue weighted by Gasteiger charge is -2.20. The number of rotatable bonds is 2. The molecule has 0 bridgehead atoms. The van der Waals surface area contributed by atoms with Gasteiger partial charge in [-0.25, -0.2) is 12.8 Å². The topological polar surface area (TPSA) is 54.5 Å². The van der Waals surface area contributed by atoms with Crippen LogP contribution in [0.2, 0.25) is 0 Å². The van der Waals surface area contributed by atoms with Crippen LogP contribution in [0.3, 0.4) is 0 Å². The summed E-state index contributed by atoms with van der Waals surface area (Å²) >= 11 is 6.33. The summed E-state index contributed by atoms with van der Waals surface area (Å²) in [7, 11) is -3.09. The molecule has 1 amide bonds. The molecule has 0 aromatic heterocycles. The maximum absolute atomic E-state index is 13.2. The Hall–Kier alpha value is -1.25. The summed E-state index contributed by atoms with van der Waals surface area (Å²) in [6.07, 6.45) is 1.98. The Bertz CT molecular complexity index is 788. The second kappa shape index (κ2) is 5.75. The van der Waals surface area contributed by atoms with Crippen LogP contribution in [0.15, 0.2) is 29.2 Å². The lowest BCUT2D eigenvalue weighted by Crippen LogP contribution is -2.39. The Kier molecular flexibility index (Phi) is 4.09. The molecule has 0 radical (unpaired) electrons. The van der Waals surface area contributed by atoms with Crippen molar-refractivity contribution in [2.45, 2.75) is 12.5 Å². The molecule has 1 aromatic carbocycles. The van der Waals surface area contributed by atoms with E-state index in [9.17, 15) is 17.6 Å². The van der Waals surface area contributed by atoms with Crippen LogP contribution in [-0.4, -0.2) is 41.1 Å². The van der Waals surface area contributed by atoms with Gasteiger partial charge in [0.1, 0.15) is 10.1 Å². The first kappa shape index (κ1) is 15.6. The maximum Gasteiger partial charge on any atom is 0.266 e. The predicted octanol–water partition coefficient (Wildman–Crippen LogP) is 2.21. The molecule has 0 spiro atoms. The molecule has 2 fully saturated rings. The summed E-state index contributed by atoms with van der Waals surface area (Å²) in [6.45, 7) is 0. The minimum Gasteiger partial charge on any atom is -0.289 e. The predicted molar refractivity (Wildman–Crippen MR) is 88.5 cm³/mol. The molecule has 116 valence electrons. The molecule has 8 heteroatoms. The van der Waals surface area contributed by atoms with Crippen molar-refractivity contribution >= 4 is 50.1 Å². The molecule has 2 saturated heterocycles. The van der Waals surface area contributed by atoms with E-state index in [2.05, 4.69) is 0 Å². The van der Waals surface area contributed by atoms with Gasteiger partial charge in [0.2, 0.25) is 0 Å². The average Bonchev–Trinajstić information content (AvgIpc) is 2.90. The van der Waals surface area contributed by atoms with Crippen molar-refractivity contribution in [1.82, 2.24) is 4.90 Å². The summed E-state index contributed by atoms with van der Waals surface area (Å²) in [5.74, 6) is -0.655. The molecular formula is C14H12FNO3S3. The Labute approximate surface area is 137 Å². The van der Waals surface area contributed by atoms with E-state index in [0.29, 0.717) is 21.2 Å². The van der Waals surface area contributed by atoms with E-state index in [0.717, 1.165) is 11.8 Å². The molecule has 0 aliphatic carbocycles. The first-order valence-corrected chi connectivity index (χ1v) is 9.63. The molecule has 0 saturated carbocycles. The van der Waals surface area contributed by atoms with Gasteiger partial charge < -0.3 is 0 Å². The Morgan fingerprint density at radius 3 is 2.82 bits per heavy atom. The first-order valence-electron chi connectivity index (χ1n) is 6.59. The van der Waals surface area contributed by atoms with Crippen molar-refractivity contribution < 1.29 is 17.6 Å². The number of hydrogen-bond acceptors (Lipinski definition) is 5. The third-order valence-electron chi connectivity index (χ3n) is 3.54. The van der Waals surface area contributed by atoms with Gasteiger partial charge in [-0.3, -0.25) is 9.69 Å². The second-order valence-corrected chi connectivity index (χ2v) is 9.07. The molecule has 1 atom stereocenters. The van der Waals surface area contributed by atoms with Gasteiger partial charge in [-0.2, -0.15) is 0 Å². The third-order valence-corrected chi connectivity index (χ3v) is 6.62. The van der Waals surface area contributed by atoms with Crippen LogP contribution >= 0.6 is 24.0 Å². The second-order valence-electron chi connectivity index (χ2n) is 5.16. The van der Waals surface area contributed by atoms with Gasteiger partial charge >= 0.3 is 0 Å². The Balaban J connectivity index is 1.86. The van der Waals surface area contributed by atoms with Gasteiger partial charge in [-0.15, -0.1) is 0 Å². The minimum atomic E-state index is -3.09. The number of thiocarbonyl (C=S) groups is 1. The fourth-order valence-electron chi connectivity index (χ4n) is 2.52. The molecule has 0 unspecified atom stereocenters. The minimum absolute atomic E-state index is 0.0489. The van der Waals surface area contributed by atoms with E-state index in [4.69, 9.17) is 12.2 Å². The summed E-state index contributed by atoms with van der Waals surface area (Å²) in [5.41, 5.74) is 0.569. The van der Waals surface area contributed by atoms with Crippen molar-refractivity contribution in [3.05, 3.63) is 40.6 Å². The van der Waals surface area contributed by atoms with Crippen LogP contribution in [0.25, 0.3) is 6.08 Å². The highest BCUT2D eigenvalue weighted by atomic mass is 32.2. The van der Waals surface area contributed by atoms with Crippen LogP contribution in [0, 0.1) is 5.82 Å². The highest BCUT2D eigenvalue weighted by Gasteiger charge is 2.42. The van der Waals surface area contributed by atoms with Crippen molar-refractivity contribution in [1.29, 1.82) is 0 Å². The summed E-state index contributed by atoms with van der Waals surface area (Å²) < 4.78 is 36.7. The molecule has 1 aromatic rings. The SMILES string of the molecule is O=C1/C(=C/c2cccc(F)c2)SC(=S)N1[C@H]1CCS(=O)(=O)C1. The number of thioether (sulfide) groups is 1. The quantitative estimate of drug-likeness (QED) is 0.600. The van der Waals surface area contributed by atoms with E-state index in [-0.39, 0.29) is 23.2 Å². The highest BCUT2D eigenvalue weighted by molar-refractivity contribution is 8.26. The zero-order valence-electron chi connectivity index (χ0n) is 11.4. The lowest BCUT2D eigenvalue weighted by atomic mass is 10.2. The number of amides is 1. The van der Waals surface area contributed by atoms with Crippen molar-refractivity contribution in [2.24, 2.45) is 0 Å². The van der Waals surface area contributed by atoms with E-state index >= 15 is 0 Å². The number of halogens is 1. The highest BCUT2D eigenvalue weighted by Crippen LogP contribution is 2.36. The van der Waals surface area contributed by atoms with Crippen molar-refractivity contribution in [3.63, 3.8) is 0 Å². The number of sulfone groups is 1. The van der Waals surface area contributed by atoms with Crippen LogP contribution < -0.4 is 0 Å². The largest absolute Gasteiger partial charge is 0.289 e. The maximum atomic E-state index is 13.2. The van der Waals surface area contributed by atoms with Gasteiger partial charge in [-0.05, 0) is 30.2 Å². The first-order chi connectivity index (χ1) is 10.4. The van der Waals surface area contributed by atoms with E-state index in [1.807, 2.05) is 0 Å². The smallest absolute Gasteiger partial charge is 0.266 e. The fourth-order valence-corrected chi connectivity index (χ4v) is 5.62. The Morgan fingerprint density at radius 2 is 2.18 bits per heavy atom. The standard InChI is InChI=1S/C14H12FNO3S3/c15-10-3-1-2-9(6-10)7-12-13(17)16(14(20)21-12)11-4-5-22(18,19)8-11/h1-3,6-7,11H,4-5,8H2/b12-7-/t11-/m0/s1. The molecule has 3 rings (SSSR count). The number of hydrogen-bond donors (Lipinski definition) is 0. The lowest BCUT2D eigenvalue weighted by molar-refractivity contribution is -0.123. The average molecular weight is 357 g/mol.